The summed E-state index contributed by atoms with van der Waals surface area (Å²) in [6.07, 6.45) is 0. The molecule has 0 spiro atoms. The molecule has 0 aromatic heterocycles. The molecule has 0 amide bonds. The molecule has 2 aromatic rings. The quantitative estimate of drug-likeness (QED) is 0.331. The first-order chi connectivity index (χ1) is 10.4. The highest BCUT2D eigenvalue weighted by Gasteiger charge is 2.23. The fourth-order valence-corrected chi connectivity index (χ4v) is 2.62. The van der Waals surface area contributed by atoms with Crippen LogP contribution in [0, 0.1) is 15.5 Å². The lowest BCUT2D eigenvalue weighted by Crippen LogP contribution is -2.28. The SMILES string of the molecule is N=C(N)C(Nc1ccccc1[N+](=O)[O-])c1c(Cl)cccc1Cl. The van der Waals surface area contributed by atoms with Gasteiger partial charge in [-0.15, -0.1) is 0 Å². The molecule has 0 aliphatic carbocycles. The molecule has 8 heteroatoms. The van der Waals surface area contributed by atoms with Gasteiger partial charge in [-0.25, -0.2) is 0 Å². The highest BCUT2D eigenvalue weighted by molar-refractivity contribution is 6.36. The molecule has 0 bridgehead atoms. The lowest BCUT2D eigenvalue weighted by Gasteiger charge is -2.21. The monoisotopic (exact) mass is 338 g/mol. The van der Waals surface area contributed by atoms with Gasteiger partial charge in [0.1, 0.15) is 17.6 Å². The number of rotatable bonds is 5. The second kappa shape index (κ2) is 6.64. The first-order valence-corrected chi connectivity index (χ1v) is 6.95. The first-order valence-electron chi connectivity index (χ1n) is 6.19. The third-order valence-corrected chi connectivity index (χ3v) is 3.66. The van der Waals surface area contributed by atoms with Crippen molar-refractivity contribution in [3.8, 4) is 0 Å². The zero-order chi connectivity index (χ0) is 16.3. The summed E-state index contributed by atoms with van der Waals surface area (Å²) >= 11 is 12.3. The van der Waals surface area contributed by atoms with E-state index >= 15 is 0 Å². The average molecular weight is 339 g/mol. The highest BCUT2D eigenvalue weighted by atomic mass is 35.5. The molecule has 0 saturated carbocycles. The minimum Gasteiger partial charge on any atom is -0.386 e. The van der Waals surface area contributed by atoms with Crippen LogP contribution in [0.15, 0.2) is 42.5 Å². The van der Waals surface area contributed by atoms with Gasteiger partial charge < -0.3 is 11.1 Å². The van der Waals surface area contributed by atoms with E-state index in [1.54, 1.807) is 30.3 Å². The lowest BCUT2D eigenvalue weighted by molar-refractivity contribution is -0.384. The van der Waals surface area contributed by atoms with Gasteiger partial charge >= 0.3 is 0 Å². The van der Waals surface area contributed by atoms with Crippen LogP contribution < -0.4 is 11.1 Å². The summed E-state index contributed by atoms with van der Waals surface area (Å²) in [5.41, 5.74) is 6.11. The topological polar surface area (TPSA) is 105 Å². The summed E-state index contributed by atoms with van der Waals surface area (Å²) < 4.78 is 0. The number of para-hydroxylation sites is 2. The summed E-state index contributed by atoms with van der Waals surface area (Å²) in [5.74, 6) is -0.256. The molecule has 6 nitrogen and oxygen atoms in total. The number of nitro benzene ring substituents is 1. The first kappa shape index (κ1) is 16.1. The molecule has 2 aromatic carbocycles. The minimum absolute atomic E-state index is 0.128. The molecule has 0 aliphatic rings. The van der Waals surface area contributed by atoms with Crippen LogP contribution in [0.4, 0.5) is 11.4 Å². The molecule has 0 heterocycles. The number of hydrogen-bond donors (Lipinski definition) is 3. The Bertz CT molecular complexity index is 716. The summed E-state index contributed by atoms with van der Waals surface area (Å²) in [7, 11) is 0. The van der Waals surface area contributed by atoms with Crippen molar-refractivity contribution in [3.05, 3.63) is 68.2 Å². The number of nitrogens with two attached hydrogens (primary N) is 1. The van der Waals surface area contributed by atoms with Crippen molar-refractivity contribution in [2.24, 2.45) is 5.73 Å². The smallest absolute Gasteiger partial charge is 0.292 e. The van der Waals surface area contributed by atoms with Crippen LogP contribution in [0.5, 0.6) is 0 Å². The Morgan fingerprint density at radius 3 is 2.32 bits per heavy atom. The maximum atomic E-state index is 11.1. The predicted octanol–water partition coefficient (Wildman–Crippen LogP) is 3.99. The summed E-state index contributed by atoms with van der Waals surface area (Å²) in [4.78, 5) is 10.6. The number of nitro groups is 1. The Labute approximate surface area is 136 Å². The summed E-state index contributed by atoms with van der Waals surface area (Å²) in [6.45, 7) is 0. The van der Waals surface area contributed by atoms with Crippen molar-refractivity contribution < 1.29 is 4.92 Å². The van der Waals surface area contributed by atoms with Crippen molar-refractivity contribution in [3.63, 3.8) is 0 Å². The number of hydrogen-bond acceptors (Lipinski definition) is 4. The maximum Gasteiger partial charge on any atom is 0.292 e. The van der Waals surface area contributed by atoms with Crippen molar-refractivity contribution in [1.82, 2.24) is 0 Å². The van der Waals surface area contributed by atoms with E-state index in [-0.39, 0.29) is 17.2 Å². The summed E-state index contributed by atoms with van der Waals surface area (Å²) in [6, 6.07) is 10.1. The van der Waals surface area contributed by atoms with Crippen molar-refractivity contribution in [2.75, 3.05) is 5.32 Å². The number of anilines is 1. The Morgan fingerprint density at radius 2 is 1.77 bits per heavy atom. The number of halogens is 2. The average Bonchev–Trinajstić information content (AvgIpc) is 2.46. The van der Waals surface area contributed by atoms with Crippen LogP contribution in [-0.2, 0) is 0 Å². The van der Waals surface area contributed by atoms with E-state index in [0.717, 1.165) is 0 Å². The van der Waals surface area contributed by atoms with Gasteiger partial charge in [0.2, 0.25) is 0 Å². The van der Waals surface area contributed by atoms with E-state index in [2.05, 4.69) is 5.32 Å². The Morgan fingerprint density at radius 1 is 1.18 bits per heavy atom. The van der Waals surface area contributed by atoms with E-state index in [1.165, 1.54) is 12.1 Å². The second-order valence-electron chi connectivity index (χ2n) is 4.44. The second-order valence-corrected chi connectivity index (χ2v) is 5.26. The molecule has 0 saturated heterocycles. The van der Waals surface area contributed by atoms with Crippen LogP contribution in [0.2, 0.25) is 10.0 Å². The summed E-state index contributed by atoms with van der Waals surface area (Å²) in [5, 5.41) is 22.3. The standard InChI is InChI=1S/C14H12Cl2N4O2/c15-8-4-3-5-9(16)12(8)13(14(17)18)19-10-6-1-2-7-11(10)20(21)22/h1-7,13,19H,(H3,17,18). The van der Waals surface area contributed by atoms with Crippen LogP contribution >= 0.6 is 23.2 Å². The van der Waals surface area contributed by atoms with Crippen LogP contribution in [0.25, 0.3) is 0 Å². The van der Waals surface area contributed by atoms with Crippen molar-refractivity contribution in [1.29, 1.82) is 5.41 Å². The molecule has 0 radical (unpaired) electrons. The van der Waals surface area contributed by atoms with E-state index in [4.69, 9.17) is 34.3 Å². The molecule has 22 heavy (non-hydrogen) atoms. The van der Waals surface area contributed by atoms with Crippen LogP contribution in [-0.4, -0.2) is 10.8 Å². The van der Waals surface area contributed by atoms with E-state index < -0.39 is 11.0 Å². The zero-order valence-electron chi connectivity index (χ0n) is 11.2. The fourth-order valence-electron chi connectivity index (χ4n) is 2.00. The number of nitrogens with zero attached hydrogens (tertiary/aromatic N) is 1. The Balaban J connectivity index is 2.48. The molecular formula is C14H12Cl2N4O2. The largest absolute Gasteiger partial charge is 0.386 e. The Hall–Kier alpha value is -2.31. The van der Waals surface area contributed by atoms with Gasteiger partial charge in [0.25, 0.3) is 5.69 Å². The van der Waals surface area contributed by atoms with Gasteiger partial charge in [-0.1, -0.05) is 41.4 Å². The molecule has 0 fully saturated rings. The van der Waals surface area contributed by atoms with E-state index in [0.29, 0.717) is 15.6 Å². The maximum absolute atomic E-state index is 11.1. The van der Waals surface area contributed by atoms with Gasteiger partial charge in [0.15, 0.2) is 0 Å². The van der Waals surface area contributed by atoms with Crippen LogP contribution in [0.1, 0.15) is 11.6 Å². The molecular weight excluding hydrogens is 327 g/mol. The molecule has 1 atom stereocenters. The number of benzene rings is 2. The Kier molecular flexibility index (Phi) is 4.85. The molecule has 1 unspecified atom stereocenters. The van der Waals surface area contributed by atoms with Crippen molar-refractivity contribution in [2.45, 2.75) is 6.04 Å². The zero-order valence-corrected chi connectivity index (χ0v) is 12.7. The molecule has 114 valence electrons. The van der Waals surface area contributed by atoms with Gasteiger partial charge in [-0.2, -0.15) is 0 Å². The van der Waals surface area contributed by atoms with Gasteiger partial charge in [0, 0.05) is 21.7 Å². The third-order valence-electron chi connectivity index (χ3n) is 3.00. The minimum atomic E-state index is -0.873. The fraction of sp³-hybridized carbons (Fsp3) is 0.0714. The number of nitrogens with one attached hydrogen (secondary N) is 2. The van der Waals surface area contributed by atoms with Gasteiger partial charge in [-0.3, -0.25) is 15.5 Å². The van der Waals surface area contributed by atoms with Gasteiger partial charge in [0.05, 0.1) is 4.92 Å². The third kappa shape index (κ3) is 3.29. The molecule has 0 aliphatic heterocycles. The van der Waals surface area contributed by atoms with E-state index in [1.807, 2.05) is 0 Å². The van der Waals surface area contributed by atoms with Crippen molar-refractivity contribution >= 4 is 40.4 Å². The lowest BCUT2D eigenvalue weighted by atomic mass is 10.0. The predicted molar refractivity (Wildman–Crippen MR) is 87.8 cm³/mol. The number of amidine groups is 1. The highest BCUT2D eigenvalue weighted by Crippen LogP contribution is 2.34. The molecule has 2 rings (SSSR count). The molecule has 4 N–H and O–H groups in total. The van der Waals surface area contributed by atoms with Crippen LogP contribution in [0.3, 0.4) is 0 Å². The normalized spacial score (nSPS) is 11.7. The van der Waals surface area contributed by atoms with E-state index in [9.17, 15) is 10.1 Å². The van der Waals surface area contributed by atoms with Gasteiger partial charge in [-0.05, 0) is 18.2 Å².